The third kappa shape index (κ3) is 3.22. The maximum atomic E-state index is 13.6. The van der Waals surface area contributed by atoms with Crippen molar-refractivity contribution in [3.63, 3.8) is 0 Å². The SMILES string of the molecule is Cc1cc(C)c2[nH]c(C(=O)N3CCC[C@H]4CN(C(=O)c5ccc6nnn(O)c6c5)C[C@H]43)cc2c1. The third-order valence-corrected chi connectivity index (χ3v) is 7.30. The average Bonchev–Trinajstić information content (AvgIpc) is 3.54. The second kappa shape index (κ2) is 7.58. The van der Waals surface area contributed by atoms with Crippen molar-refractivity contribution in [2.24, 2.45) is 5.92 Å². The molecule has 0 bridgehead atoms. The van der Waals surface area contributed by atoms with Crippen molar-refractivity contribution in [3.05, 3.63) is 58.8 Å². The van der Waals surface area contributed by atoms with Crippen molar-refractivity contribution in [3.8, 4) is 0 Å². The van der Waals surface area contributed by atoms with Gasteiger partial charge in [0.25, 0.3) is 11.8 Å². The first-order valence-electron chi connectivity index (χ1n) is 11.6. The van der Waals surface area contributed by atoms with Crippen molar-refractivity contribution in [2.45, 2.75) is 32.7 Å². The number of aryl methyl sites for hydroxylation is 2. The molecule has 0 spiro atoms. The van der Waals surface area contributed by atoms with Gasteiger partial charge in [-0.25, -0.2) is 0 Å². The van der Waals surface area contributed by atoms with Crippen LogP contribution in [-0.4, -0.2) is 72.6 Å². The van der Waals surface area contributed by atoms with Crippen molar-refractivity contribution in [1.29, 1.82) is 0 Å². The highest BCUT2D eigenvalue weighted by molar-refractivity contribution is 6.00. The normalized spacial score (nSPS) is 20.3. The zero-order valence-corrected chi connectivity index (χ0v) is 19.2. The molecular weight excluding hydrogens is 432 g/mol. The van der Waals surface area contributed by atoms with Gasteiger partial charge < -0.3 is 20.0 Å². The summed E-state index contributed by atoms with van der Waals surface area (Å²) in [4.78, 5) is 34.6. The third-order valence-electron chi connectivity index (χ3n) is 7.30. The molecule has 4 aromatic rings. The van der Waals surface area contributed by atoms with Gasteiger partial charge in [-0.15, -0.1) is 5.10 Å². The number of fused-ring (bicyclic) bond motifs is 3. The number of nitrogens with one attached hydrogen (secondary N) is 1. The average molecular weight is 459 g/mol. The molecule has 2 aliphatic heterocycles. The Morgan fingerprint density at radius 2 is 1.94 bits per heavy atom. The fourth-order valence-electron chi connectivity index (χ4n) is 5.70. The quantitative estimate of drug-likeness (QED) is 0.449. The van der Waals surface area contributed by atoms with E-state index in [9.17, 15) is 14.8 Å². The van der Waals surface area contributed by atoms with E-state index in [2.05, 4.69) is 41.3 Å². The Morgan fingerprint density at radius 1 is 1.09 bits per heavy atom. The summed E-state index contributed by atoms with van der Waals surface area (Å²) in [5, 5.41) is 18.3. The maximum absolute atomic E-state index is 13.6. The molecule has 2 N–H and O–H groups in total. The zero-order chi connectivity index (χ0) is 23.6. The molecule has 2 amide bonds. The highest BCUT2D eigenvalue weighted by Crippen LogP contribution is 2.33. The Bertz CT molecular complexity index is 1450. The summed E-state index contributed by atoms with van der Waals surface area (Å²) in [5.41, 5.74) is 5.28. The highest BCUT2D eigenvalue weighted by Gasteiger charge is 2.43. The number of benzene rings is 2. The van der Waals surface area contributed by atoms with Crippen LogP contribution in [0.2, 0.25) is 0 Å². The number of H-pyrrole nitrogens is 1. The Kier molecular flexibility index (Phi) is 4.62. The predicted molar refractivity (Wildman–Crippen MR) is 126 cm³/mol. The predicted octanol–water partition coefficient (Wildman–Crippen LogP) is 3.14. The van der Waals surface area contributed by atoms with Crippen molar-refractivity contribution >= 4 is 33.8 Å². The molecular formula is C25H26N6O3. The van der Waals surface area contributed by atoms with E-state index in [1.807, 2.05) is 15.9 Å². The van der Waals surface area contributed by atoms with Crippen LogP contribution in [-0.2, 0) is 0 Å². The smallest absolute Gasteiger partial charge is 0.270 e. The van der Waals surface area contributed by atoms with Gasteiger partial charge in [0.1, 0.15) is 16.7 Å². The molecule has 174 valence electrons. The van der Waals surface area contributed by atoms with E-state index in [-0.39, 0.29) is 23.8 Å². The summed E-state index contributed by atoms with van der Waals surface area (Å²) >= 11 is 0. The second-order valence-corrected chi connectivity index (χ2v) is 9.59. The number of aromatic nitrogens is 4. The van der Waals surface area contributed by atoms with Gasteiger partial charge in [0.15, 0.2) is 0 Å². The number of likely N-dealkylation sites (tertiary alicyclic amines) is 2. The molecule has 0 unspecified atom stereocenters. The zero-order valence-electron chi connectivity index (χ0n) is 19.2. The van der Waals surface area contributed by atoms with E-state index in [1.165, 1.54) is 5.56 Å². The Labute approximate surface area is 195 Å². The largest absolute Gasteiger partial charge is 0.410 e. The van der Waals surface area contributed by atoms with Crippen LogP contribution in [0.25, 0.3) is 21.9 Å². The first-order valence-corrected chi connectivity index (χ1v) is 11.6. The molecule has 0 radical (unpaired) electrons. The highest BCUT2D eigenvalue weighted by atomic mass is 16.5. The lowest BCUT2D eigenvalue weighted by Crippen LogP contribution is -2.48. The first kappa shape index (κ1) is 20.7. The molecule has 0 aliphatic carbocycles. The lowest BCUT2D eigenvalue weighted by molar-refractivity contribution is 0.0559. The molecule has 2 atom stereocenters. The molecule has 2 aromatic carbocycles. The number of carbonyl (C=O) groups excluding carboxylic acids is 2. The van der Waals surface area contributed by atoms with Crippen molar-refractivity contribution < 1.29 is 14.8 Å². The molecule has 9 heteroatoms. The molecule has 9 nitrogen and oxygen atoms in total. The summed E-state index contributed by atoms with van der Waals surface area (Å²) in [6, 6.07) is 11.1. The Hall–Kier alpha value is -3.88. The monoisotopic (exact) mass is 458 g/mol. The minimum absolute atomic E-state index is 0.00562. The van der Waals surface area contributed by atoms with E-state index in [4.69, 9.17) is 0 Å². The first-order chi connectivity index (χ1) is 16.4. The van der Waals surface area contributed by atoms with Gasteiger partial charge in [0, 0.05) is 36.1 Å². The number of aromatic amines is 1. The standard InChI is InChI=1S/C25H26N6O3/c1-14-8-15(2)23-18(9-14)10-20(26-23)25(33)30-7-3-4-17-12-29(13-22(17)30)24(32)16-5-6-19-21(11-16)31(34)28-27-19/h5-6,8-11,17,22,26,34H,3-4,7,12-13H2,1-2H3/t17-,22+/m0/s1. The molecule has 2 aliphatic rings. The molecule has 4 heterocycles. The van der Waals surface area contributed by atoms with Gasteiger partial charge in [-0.05, 0) is 73.7 Å². The molecule has 2 fully saturated rings. The van der Waals surface area contributed by atoms with Crippen LogP contribution in [0.4, 0.5) is 0 Å². The van der Waals surface area contributed by atoms with Gasteiger partial charge in [-0.3, -0.25) is 9.59 Å². The number of piperidine rings is 1. The van der Waals surface area contributed by atoms with Gasteiger partial charge in [-0.1, -0.05) is 16.5 Å². The Morgan fingerprint density at radius 3 is 2.79 bits per heavy atom. The van der Waals surface area contributed by atoms with E-state index in [1.54, 1.807) is 18.2 Å². The Balaban J connectivity index is 1.25. The lowest BCUT2D eigenvalue weighted by atomic mass is 9.92. The van der Waals surface area contributed by atoms with Crippen molar-refractivity contribution in [2.75, 3.05) is 19.6 Å². The summed E-state index contributed by atoms with van der Waals surface area (Å²) in [7, 11) is 0. The van der Waals surface area contributed by atoms with Crippen LogP contribution >= 0.6 is 0 Å². The number of nitrogens with zero attached hydrogens (tertiary/aromatic N) is 5. The van der Waals surface area contributed by atoms with Crippen LogP contribution in [0, 0.1) is 19.8 Å². The van der Waals surface area contributed by atoms with Crippen LogP contribution in [0.1, 0.15) is 44.8 Å². The number of amides is 2. The number of rotatable bonds is 2. The van der Waals surface area contributed by atoms with Gasteiger partial charge in [0.05, 0.1) is 6.04 Å². The minimum Gasteiger partial charge on any atom is -0.410 e. The molecule has 2 saturated heterocycles. The van der Waals surface area contributed by atoms with Gasteiger partial charge in [-0.2, -0.15) is 0 Å². The van der Waals surface area contributed by atoms with Crippen LogP contribution in [0.15, 0.2) is 36.4 Å². The van der Waals surface area contributed by atoms with E-state index in [0.717, 1.165) is 29.3 Å². The second-order valence-electron chi connectivity index (χ2n) is 9.59. The number of carbonyl (C=O) groups is 2. The lowest BCUT2D eigenvalue weighted by Gasteiger charge is -2.36. The molecule has 0 saturated carbocycles. The molecule has 2 aromatic heterocycles. The van der Waals surface area contributed by atoms with Gasteiger partial charge in [0.2, 0.25) is 0 Å². The molecule has 34 heavy (non-hydrogen) atoms. The summed E-state index contributed by atoms with van der Waals surface area (Å²) in [6.07, 6.45) is 1.92. The maximum Gasteiger partial charge on any atom is 0.270 e. The van der Waals surface area contributed by atoms with Crippen LogP contribution < -0.4 is 0 Å². The van der Waals surface area contributed by atoms with Crippen molar-refractivity contribution in [1.82, 2.24) is 29.9 Å². The van der Waals surface area contributed by atoms with E-state index in [0.29, 0.717) is 46.8 Å². The van der Waals surface area contributed by atoms with E-state index >= 15 is 0 Å². The minimum atomic E-state index is -0.110. The number of hydrogen-bond acceptors (Lipinski definition) is 5. The summed E-state index contributed by atoms with van der Waals surface area (Å²) in [6.45, 7) is 5.92. The van der Waals surface area contributed by atoms with E-state index < -0.39 is 0 Å². The summed E-state index contributed by atoms with van der Waals surface area (Å²) in [5.74, 6) is 0.138. The molecule has 6 rings (SSSR count). The van der Waals surface area contributed by atoms with Crippen LogP contribution in [0.5, 0.6) is 0 Å². The van der Waals surface area contributed by atoms with Crippen LogP contribution in [0.3, 0.4) is 0 Å². The fourth-order valence-corrected chi connectivity index (χ4v) is 5.70. The number of hydrogen-bond donors (Lipinski definition) is 2. The topological polar surface area (TPSA) is 107 Å². The summed E-state index contributed by atoms with van der Waals surface area (Å²) < 4.78 is 0. The van der Waals surface area contributed by atoms with Gasteiger partial charge >= 0.3 is 0 Å². The fraction of sp³-hybridized carbons (Fsp3) is 0.360.